The number of nitrogens with one attached hydrogen (secondary N) is 2. The van der Waals surface area contributed by atoms with Crippen LogP contribution in [0.3, 0.4) is 0 Å². The van der Waals surface area contributed by atoms with Crippen molar-refractivity contribution in [2.45, 2.75) is 51.2 Å². The van der Waals surface area contributed by atoms with Gasteiger partial charge in [-0.15, -0.1) is 0 Å². The Morgan fingerprint density at radius 1 is 1.35 bits per heavy atom. The maximum Gasteiger partial charge on any atom is 0.515 e. The van der Waals surface area contributed by atoms with Crippen LogP contribution in [0.25, 0.3) is 10.9 Å². The Morgan fingerprint density at radius 3 is 2.85 bits per heavy atom. The summed E-state index contributed by atoms with van der Waals surface area (Å²) in [6, 6.07) is 5.24. The molecule has 0 bridgehead atoms. The fourth-order valence-electron chi connectivity index (χ4n) is 3.48. The largest absolute Gasteiger partial charge is 0.515 e. The van der Waals surface area contributed by atoms with Gasteiger partial charge in [-0.25, -0.2) is 4.79 Å². The van der Waals surface area contributed by atoms with Crippen LogP contribution in [0.2, 0.25) is 0 Å². The first-order chi connectivity index (χ1) is 12.6. The van der Waals surface area contributed by atoms with Gasteiger partial charge in [-0.1, -0.05) is 25.3 Å². The molecule has 7 nitrogen and oxygen atoms in total. The molecule has 3 rings (SSSR count). The molecule has 0 spiro atoms. The normalized spacial score (nSPS) is 16.5. The predicted octanol–water partition coefficient (Wildman–Crippen LogP) is 3.36. The Kier molecular flexibility index (Phi) is 6.00. The first-order valence-electron chi connectivity index (χ1n) is 9.19. The zero-order valence-corrected chi connectivity index (χ0v) is 15.0. The predicted molar refractivity (Wildman–Crippen MR) is 97.4 cm³/mol. The summed E-state index contributed by atoms with van der Waals surface area (Å²) in [4.78, 5) is 14.3. The van der Waals surface area contributed by atoms with E-state index in [-0.39, 0.29) is 18.2 Å². The van der Waals surface area contributed by atoms with Gasteiger partial charge in [0.25, 0.3) is 0 Å². The molecule has 26 heavy (non-hydrogen) atoms. The van der Waals surface area contributed by atoms with Crippen LogP contribution in [0.4, 0.5) is 4.79 Å². The summed E-state index contributed by atoms with van der Waals surface area (Å²) >= 11 is 0. The van der Waals surface area contributed by atoms with Gasteiger partial charge in [0.1, 0.15) is 5.75 Å². The molecule has 2 aromatic rings. The van der Waals surface area contributed by atoms with Gasteiger partial charge in [-0.2, -0.15) is 0 Å². The van der Waals surface area contributed by atoms with Gasteiger partial charge < -0.3 is 30.0 Å². The fourth-order valence-corrected chi connectivity index (χ4v) is 3.48. The number of aromatic nitrogens is 1. The molecule has 1 heterocycles. The maximum absolute atomic E-state index is 11.5. The number of aliphatic hydroxyl groups is 1. The molecule has 0 aliphatic heterocycles. The number of carbonyl (C=O) groups excluding carboxylic acids is 1. The van der Waals surface area contributed by atoms with Crippen LogP contribution in [0.15, 0.2) is 18.2 Å². The number of benzene rings is 1. The first kappa shape index (κ1) is 18.5. The van der Waals surface area contributed by atoms with Crippen LogP contribution in [0.1, 0.15) is 50.7 Å². The van der Waals surface area contributed by atoms with E-state index in [0.717, 1.165) is 12.8 Å². The molecule has 1 unspecified atom stereocenters. The van der Waals surface area contributed by atoms with Crippen molar-refractivity contribution < 1.29 is 24.5 Å². The minimum absolute atomic E-state index is 0.0231. The van der Waals surface area contributed by atoms with Crippen molar-refractivity contribution in [1.82, 2.24) is 10.3 Å². The highest BCUT2D eigenvalue weighted by atomic mass is 16.7. The van der Waals surface area contributed by atoms with Gasteiger partial charge >= 0.3 is 6.16 Å². The average Bonchev–Trinajstić information content (AvgIpc) is 3.05. The topological polar surface area (TPSA) is 104 Å². The number of hydrogen-bond donors (Lipinski definition) is 4. The number of phenolic OH excluding ortho intramolecular Hbond substituents is 1. The van der Waals surface area contributed by atoms with Crippen LogP contribution < -0.4 is 10.1 Å². The van der Waals surface area contributed by atoms with Crippen LogP contribution in [-0.4, -0.2) is 40.5 Å². The highest BCUT2D eigenvalue weighted by molar-refractivity contribution is 5.90. The maximum atomic E-state index is 11.5. The third-order valence-corrected chi connectivity index (χ3v) is 4.80. The number of fused-ring (bicyclic) bond motifs is 1. The summed E-state index contributed by atoms with van der Waals surface area (Å²) in [5.41, 5.74) is 1.08. The lowest BCUT2D eigenvalue weighted by Crippen LogP contribution is -2.34. The number of phenols is 1. The Labute approximate surface area is 152 Å². The van der Waals surface area contributed by atoms with E-state index in [0.29, 0.717) is 29.1 Å². The highest BCUT2D eigenvalue weighted by Gasteiger charge is 2.19. The molecule has 1 saturated carbocycles. The third-order valence-electron chi connectivity index (χ3n) is 4.80. The number of ether oxygens (including phenoxy) is 2. The van der Waals surface area contributed by atoms with Gasteiger partial charge in [-0.3, -0.25) is 0 Å². The molecule has 4 N–H and O–H groups in total. The standard InChI is InChI=1S/C19H26N2O5/c1-2-25-19(24)26-17-10-14-13(8-9-15(22)18(14)21-17)16(23)11-20-12-6-4-3-5-7-12/h8-10,12,16,20-23H,2-7,11H2,1H3. The second-order valence-corrected chi connectivity index (χ2v) is 6.64. The van der Waals surface area contributed by atoms with Crippen molar-refractivity contribution in [2.75, 3.05) is 13.2 Å². The summed E-state index contributed by atoms with van der Waals surface area (Å²) in [5, 5.41) is 24.7. The van der Waals surface area contributed by atoms with Crippen molar-refractivity contribution in [3.05, 3.63) is 23.8 Å². The summed E-state index contributed by atoms with van der Waals surface area (Å²) in [5.74, 6) is 0.184. The second-order valence-electron chi connectivity index (χ2n) is 6.64. The molecule has 1 atom stereocenters. The molecule has 7 heteroatoms. The lowest BCUT2D eigenvalue weighted by atomic mass is 9.95. The summed E-state index contributed by atoms with van der Waals surface area (Å²) in [6.45, 7) is 2.33. The first-order valence-corrected chi connectivity index (χ1v) is 9.19. The van der Waals surface area contributed by atoms with E-state index in [4.69, 9.17) is 9.47 Å². The highest BCUT2D eigenvalue weighted by Crippen LogP contribution is 2.33. The number of hydrogen-bond acceptors (Lipinski definition) is 6. The zero-order valence-electron chi connectivity index (χ0n) is 15.0. The lowest BCUT2D eigenvalue weighted by Gasteiger charge is -2.24. The number of H-pyrrole nitrogens is 1. The van der Waals surface area contributed by atoms with Gasteiger partial charge in [0.2, 0.25) is 5.88 Å². The smallest absolute Gasteiger partial charge is 0.506 e. The second kappa shape index (κ2) is 8.42. The number of rotatable bonds is 6. The van der Waals surface area contributed by atoms with Crippen LogP contribution in [0.5, 0.6) is 11.6 Å². The molecule has 1 fully saturated rings. The number of aromatic hydroxyl groups is 1. The number of aromatic amines is 1. The Morgan fingerprint density at radius 2 is 2.12 bits per heavy atom. The molecule has 142 valence electrons. The van der Waals surface area contributed by atoms with E-state index in [1.165, 1.54) is 25.3 Å². The minimum atomic E-state index is -0.820. The van der Waals surface area contributed by atoms with Crippen molar-refractivity contribution in [2.24, 2.45) is 0 Å². The molecular weight excluding hydrogens is 336 g/mol. The number of carbonyl (C=O) groups is 1. The van der Waals surface area contributed by atoms with Crippen molar-refractivity contribution >= 4 is 17.1 Å². The third kappa shape index (κ3) is 4.28. The molecular formula is C19H26N2O5. The van der Waals surface area contributed by atoms with E-state index < -0.39 is 12.3 Å². The van der Waals surface area contributed by atoms with Crippen LogP contribution in [0, 0.1) is 0 Å². The molecule has 1 aromatic heterocycles. The van der Waals surface area contributed by atoms with E-state index in [2.05, 4.69) is 10.3 Å². The van der Waals surface area contributed by atoms with Crippen LogP contribution in [-0.2, 0) is 4.74 Å². The molecule has 0 saturated heterocycles. The van der Waals surface area contributed by atoms with E-state index in [9.17, 15) is 15.0 Å². The van der Waals surface area contributed by atoms with Crippen molar-refractivity contribution in [1.29, 1.82) is 0 Å². The Bertz CT molecular complexity index is 752. The molecule has 0 radical (unpaired) electrons. The van der Waals surface area contributed by atoms with Gasteiger partial charge in [-0.05, 0) is 31.4 Å². The van der Waals surface area contributed by atoms with Gasteiger partial charge in [0.15, 0.2) is 0 Å². The average molecular weight is 362 g/mol. The summed E-state index contributed by atoms with van der Waals surface area (Å²) < 4.78 is 9.81. The van der Waals surface area contributed by atoms with Crippen LogP contribution >= 0.6 is 0 Å². The molecule has 0 amide bonds. The van der Waals surface area contributed by atoms with Gasteiger partial charge in [0, 0.05) is 24.0 Å². The molecule has 1 aliphatic rings. The van der Waals surface area contributed by atoms with Crippen molar-refractivity contribution in [3.8, 4) is 11.6 Å². The van der Waals surface area contributed by atoms with Crippen molar-refractivity contribution in [3.63, 3.8) is 0 Å². The summed E-state index contributed by atoms with van der Waals surface area (Å²) in [7, 11) is 0. The van der Waals surface area contributed by atoms with E-state index >= 15 is 0 Å². The SMILES string of the molecule is CCOC(=O)Oc1cc2c(C(O)CNC3CCCCC3)ccc(O)c2[nH]1. The Hall–Kier alpha value is -2.25. The van der Waals surface area contributed by atoms with E-state index in [1.54, 1.807) is 19.1 Å². The summed E-state index contributed by atoms with van der Waals surface area (Å²) in [6.07, 6.45) is 4.46. The fraction of sp³-hybridized carbons (Fsp3) is 0.526. The zero-order chi connectivity index (χ0) is 18.5. The number of aliphatic hydroxyl groups excluding tert-OH is 1. The Balaban J connectivity index is 1.75. The molecule has 1 aliphatic carbocycles. The minimum Gasteiger partial charge on any atom is -0.506 e. The lowest BCUT2D eigenvalue weighted by molar-refractivity contribution is 0.103. The molecule has 1 aromatic carbocycles. The monoisotopic (exact) mass is 362 g/mol. The van der Waals surface area contributed by atoms with E-state index in [1.807, 2.05) is 0 Å². The van der Waals surface area contributed by atoms with Gasteiger partial charge in [0.05, 0.1) is 18.2 Å². The quantitative estimate of drug-likeness (QED) is 0.588.